The van der Waals surface area contributed by atoms with Crippen LogP contribution in [0.15, 0.2) is 42.6 Å². The Balaban J connectivity index is 1.68. The van der Waals surface area contributed by atoms with Gasteiger partial charge < -0.3 is 9.47 Å². The summed E-state index contributed by atoms with van der Waals surface area (Å²) < 4.78 is 2.29. The minimum atomic E-state index is 0.0188. The molecule has 0 radical (unpaired) electrons. The molecule has 2 aromatic heterocycles. The number of aromatic nitrogens is 3. The summed E-state index contributed by atoms with van der Waals surface area (Å²) in [6.07, 6.45) is 7.53. The SMILES string of the molecule is CC(C)CCN(Cc1nc2cccnc2n1C1CCCC1)C(=O)c1ccc(Cl)cc1. The van der Waals surface area contributed by atoms with Gasteiger partial charge in [0.05, 0.1) is 6.54 Å². The van der Waals surface area contributed by atoms with E-state index in [1.807, 2.05) is 23.2 Å². The van der Waals surface area contributed by atoms with Gasteiger partial charge in [0.25, 0.3) is 5.91 Å². The summed E-state index contributed by atoms with van der Waals surface area (Å²) >= 11 is 6.02. The zero-order valence-electron chi connectivity index (χ0n) is 17.7. The van der Waals surface area contributed by atoms with Crippen molar-refractivity contribution in [2.75, 3.05) is 6.54 Å². The minimum Gasteiger partial charge on any atom is -0.331 e. The monoisotopic (exact) mass is 424 g/mol. The fourth-order valence-corrected chi connectivity index (χ4v) is 4.37. The molecule has 1 saturated carbocycles. The molecule has 0 saturated heterocycles. The molecule has 1 aromatic carbocycles. The van der Waals surface area contributed by atoms with Crippen LogP contribution in [0.2, 0.25) is 5.02 Å². The highest BCUT2D eigenvalue weighted by atomic mass is 35.5. The molecule has 5 nitrogen and oxygen atoms in total. The molecule has 2 heterocycles. The largest absolute Gasteiger partial charge is 0.331 e. The van der Waals surface area contributed by atoms with E-state index in [1.54, 1.807) is 24.3 Å². The lowest BCUT2D eigenvalue weighted by molar-refractivity contribution is 0.0728. The number of hydrogen-bond donors (Lipinski definition) is 0. The van der Waals surface area contributed by atoms with E-state index in [-0.39, 0.29) is 5.91 Å². The van der Waals surface area contributed by atoms with Crippen molar-refractivity contribution in [1.82, 2.24) is 19.4 Å². The van der Waals surface area contributed by atoms with Crippen LogP contribution >= 0.6 is 11.6 Å². The van der Waals surface area contributed by atoms with Crippen molar-refractivity contribution in [3.8, 4) is 0 Å². The van der Waals surface area contributed by atoms with Crippen LogP contribution in [0, 0.1) is 5.92 Å². The van der Waals surface area contributed by atoms with Gasteiger partial charge >= 0.3 is 0 Å². The highest BCUT2D eigenvalue weighted by Crippen LogP contribution is 2.33. The van der Waals surface area contributed by atoms with Crippen molar-refractivity contribution in [3.63, 3.8) is 0 Å². The third-order valence-electron chi connectivity index (χ3n) is 5.90. The number of imidazole rings is 1. The second-order valence-electron chi connectivity index (χ2n) is 8.60. The molecule has 158 valence electrons. The molecule has 0 bridgehead atoms. The number of carbonyl (C=O) groups is 1. The summed E-state index contributed by atoms with van der Waals surface area (Å²) in [5, 5.41) is 0.634. The van der Waals surface area contributed by atoms with Gasteiger partial charge in [0.2, 0.25) is 0 Å². The van der Waals surface area contributed by atoms with Crippen LogP contribution < -0.4 is 0 Å². The maximum atomic E-state index is 13.4. The molecule has 0 atom stereocenters. The zero-order valence-corrected chi connectivity index (χ0v) is 18.5. The molecule has 1 aliphatic rings. The average Bonchev–Trinajstić information content (AvgIpc) is 3.38. The zero-order chi connectivity index (χ0) is 21.1. The maximum Gasteiger partial charge on any atom is 0.254 e. The van der Waals surface area contributed by atoms with Crippen LogP contribution in [0.3, 0.4) is 0 Å². The van der Waals surface area contributed by atoms with E-state index in [1.165, 1.54) is 12.8 Å². The van der Waals surface area contributed by atoms with Gasteiger partial charge in [0, 0.05) is 29.4 Å². The van der Waals surface area contributed by atoms with Gasteiger partial charge in [-0.25, -0.2) is 9.97 Å². The van der Waals surface area contributed by atoms with Gasteiger partial charge in [0.1, 0.15) is 11.3 Å². The number of halogens is 1. The van der Waals surface area contributed by atoms with E-state index in [0.717, 1.165) is 36.3 Å². The number of amides is 1. The first-order valence-electron chi connectivity index (χ1n) is 10.9. The van der Waals surface area contributed by atoms with E-state index < -0.39 is 0 Å². The van der Waals surface area contributed by atoms with Crippen molar-refractivity contribution < 1.29 is 4.79 Å². The Kier molecular flexibility index (Phi) is 6.38. The quantitative estimate of drug-likeness (QED) is 0.475. The van der Waals surface area contributed by atoms with Crippen LogP contribution in [0.5, 0.6) is 0 Å². The summed E-state index contributed by atoms with van der Waals surface area (Å²) in [6, 6.07) is 11.5. The Morgan fingerprint density at radius 3 is 2.63 bits per heavy atom. The molecule has 1 aliphatic carbocycles. The van der Waals surface area contributed by atoms with Crippen molar-refractivity contribution in [2.24, 2.45) is 5.92 Å². The van der Waals surface area contributed by atoms with E-state index >= 15 is 0 Å². The molecule has 0 spiro atoms. The number of rotatable bonds is 7. The lowest BCUT2D eigenvalue weighted by Gasteiger charge is -2.25. The fraction of sp³-hybridized carbons (Fsp3) is 0.458. The van der Waals surface area contributed by atoms with Crippen molar-refractivity contribution in [2.45, 2.75) is 58.5 Å². The molecule has 0 aliphatic heterocycles. The third kappa shape index (κ3) is 4.51. The first kappa shape index (κ1) is 20.9. The fourth-order valence-electron chi connectivity index (χ4n) is 4.25. The molecular weight excluding hydrogens is 396 g/mol. The number of pyridine rings is 1. The molecule has 6 heteroatoms. The lowest BCUT2D eigenvalue weighted by atomic mass is 10.1. The number of fused-ring (bicyclic) bond motifs is 1. The third-order valence-corrected chi connectivity index (χ3v) is 6.15. The summed E-state index contributed by atoms with van der Waals surface area (Å²) in [5.41, 5.74) is 2.49. The lowest BCUT2D eigenvalue weighted by Crippen LogP contribution is -2.33. The number of nitrogens with zero attached hydrogens (tertiary/aromatic N) is 4. The molecule has 3 aromatic rings. The molecule has 0 unspecified atom stereocenters. The highest BCUT2D eigenvalue weighted by Gasteiger charge is 2.26. The molecule has 30 heavy (non-hydrogen) atoms. The van der Waals surface area contributed by atoms with E-state index in [9.17, 15) is 4.79 Å². The normalized spacial score (nSPS) is 14.7. The molecular formula is C24H29ClN4O. The van der Waals surface area contributed by atoms with Crippen LogP contribution in [-0.2, 0) is 6.54 Å². The Morgan fingerprint density at radius 1 is 1.20 bits per heavy atom. The van der Waals surface area contributed by atoms with Crippen LogP contribution in [0.1, 0.15) is 68.2 Å². The van der Waals surface area contributed by atoms with Crippen LogP contribution in [0.4, 0.5) is 0 Å². The maximum absolute atomic E-state index is 13.4. The smallest absolute Gasteiger partial charge is 0.254 e. The van der Waals surface area contributed by atoms with Gasteiger partial charge in [-0.1, -0.05) is 38.3 Å². The van der Waals surface area contributed by atoms with Gasteiger partial charge in [-0.2, -0.15) is 0 Å². The van der Waals surface area contributed by atoms with Gasteiger partial charge in [-0.3, -0.25) is 4.79 Å². The Morgan fingerprint density at radius 2 is 1.93 bits per heavy atom. The summed E-state index contributed by atoms with van der Waals surface area (Å²) in [6.45, 7) is 5.55. The van der Waals surface area contributed by atoms with Crippen molar-refractivity contribution >= 4 is 28.7 Å². The highest BCUT2D eigenvalue weighted by molar-refractivity contribution is 6.30. The predicted octanol–water partition coefficient (Wildman–Crippen LogP) is 5.89. The van der Waals surface area contributed by atoms with Gasteiger partial charge in [0.15, 0.2) is 5.65 Å². The Hall–Kier alpha value is -2.40. The Labute approximate surface area is 183 Å². The summed E-state index contributed by atoms with van der Waals surface area (Å²) in [5.74, 6) is 1.47. The first-order valence-corrected chi connectivity index (χ1v) is 11.3. The number of hydrogen-bond acceptors (Lipinski definition) is 3. The molecule has 1 amide bonds. The second kappa shape index (κ2) is 9.17. The topological polar surface area (TPSA) is 51.0 Å². The standard InChI is InChI=1S/C24H29ClN4O/c1-17(2)13-15-28(24(30)18-9-11-19(25)12-10-18)16-22-27-21-8-5-14-26-23(21)29(22)20-6-3-4-7-20/h5,8-12,14,17,20H,3-4,6-7,13,15-16H2,1-2H3. The van der Waals surface area contributed by atoms with Crippen LogP contribution in [-0.4, -0.2) is 31.9 Å². The molecule has 1 fully saturated rings. The second-order valence-corrected chi connectivity index (χ2v) is 9.04. The average molecular weight is 425 g/mol. The van der Waals surface area contributed by atoms with Crippen molar-refractivity contribution in [1.29, 1.82) is 0 Å². The Bertz CT molecular complexity index is 1010. The van der Waals surface area contributed by atoms with E-state index in [0.29, 0.717) is 35.6 Å². The minimum absolute atomic E-state index is 0.0188. The van der Waals surface area contributed by atoms with E-state index in [4.69, 9.17) is 16.6 Å². The predicted molar refractivity (Wildman–Crippen MR) is 121 cm³/mol. The first-order chi connectivity index (χ1) is 14.5. The van der Waals surface area contributed by atoms with E-state index in [2.05, 4.69) is 23.4 Å². The summed E-state index contributed by atoms with van der Waals surface area (Å²) in [4.78, 5) is 24.8. The summed E-state index contributed by atoms with van der Waals surface area (Å²) in [7, 11) is 0. The van der Waals surface area contributed by atoms with Crippen molar-refractivity contribution in [3.05, 3.63) is 59.0 Å². The molecule has 0 N–H and O–H groups in total. The number of benzene rings is 1. The van der Waals surface area contributed by atoms with Crippen LogP contribution in [0.25, 0.3) is 11.2 Å². The van der Waals surface area contributed by atoms with Gasteiger partial charge in [-0.15, -0.1) is 0 Å². The number of carbonyl (C=O) groups excluding carboxylic acids is 1. The van der Waals surface area contributed by atoms with Gasteiger partial charge in [-0.05, 0) is 61.6 Å². The molecule has 4 rings (SSSR count).